The highest BCUT2D eigenvalue weighted by Gasteiger charge is 2.08. The first-order valence-corrected chi connectivity index (χ1v) is 7.01. The summed E-state index contributed by atoms with van der Waals surface area (Å²) >= 11 is 6.05. The van der Waals surface area contributed by atoms with Gasteiger partial charge >= 0.3 is 0 Å². The van der Waals surface area contributed by atoms with Crippen LogP contribution >= 0.6 is 11.6 Å². The van der Waals surface area contributed by atoms with Gasteiger partial charge in [0.05, 0.1) is 23.6 Å². The number of hydrogen-bond donors (Lipinski definition) is 2. The molecule has 0 aliphatic carbocycles. The summed E-state index contributed by atoms with van der Waals surface area (Å²) in [6, 6.07) is 5.95. The molecule has 108 valence electrons. The number of aryl methyl sites for hydroxylation is 1. The van der Waals surface area contributed by atoms with Crippen molar-refractivity contribution in [2.45, 2.75) is 6.92 Å². The van der Waals surface area contributed by atoms with E-state index in [2.05, 4.69) is 25.7 Å². The van der Waals surface area contributed by atoms with Gasteiger partial charge in [0.15, 0.2) is 0 Å². The lowest BCUT2D eigenvalue weighted by molar-refractivity contribution is 0.797. The van der Waals surface area contributed by atoms with Crippen LogP contribution in [0.25, 0.3) is 10.9 Å². The van der Waals surface area contributed by atoms with E-state index in [1.54, 1.807) is 6.20 Å². The van der Waals surface area contributed by atoms with Crippen LogP contribution in [0.5, 0.6) is 0 Å². The van der Waals surface area contributed by atoms with Crippen molar-refractivity contribution in [1.82, 2.24) is 19.7 Å². The minimum atomic E-state index is 0.492. The molecule has 3 aromatic rings. The molecule has 21 heavy (non-hydrogen) atoms. The number of fused-ring (bicyclic) bond motifs is 1. The molecule has 0 saturated carbocycles. The van der Waals surface area contributed by atoms with Crippen LogP contribution < -0.4 is 10.6 Å². The molecule has 0 radical (unpaired) electrons. The maximum Gasteiger partial charge on any atom is 0.229 e. The highest BCUT2D eigenvalue weighted by molar-refractivity contribution is 6.32. The normalized spacial score (nSPS) is 10.8. The molecule has 7 heteroatoms. The van der Waals surface area contributed by atoms with E-state index in [-0.39, 0.29) is 0 Å². The first-order chi connectivity index (χ1) is 10.2. The third kappa shape index (κ3) is 2.62. The van der Waals surface area contributed by atoms with E-state index in [1.165, 1.54) is 0 Å². The van der Waals surface area contributed by atoms with Crippen molar-refractivity contribution in [3.8, 4) is 0 Å². The number of nitrogens with zero attached hydrogens (tertiary/aromatic N) is 4. The summed E-state index contributed by atoms with van der Waals surface area (Å²) in [5.41, 5.74) is 1.95. The van der Waals surface area contributed by atoms with E-state index < -0.39 is 0 Å². The van der Waals surface area contributed by atoms with Gasteiger partial charge in [-0.05, 0) is 19.1 Å². The summed E-state index contributed by atoms with van der Waals surface area (Å²) in [5, 5.41) is 12.1. The van der Waals surface area contributed by atoms with Gasteiger partial charge in [0.2, 0.25) is 5.95 Å². The van der Waals surface area contributed by atoms with Gasteiger partial charge in [0, 0.05) is 19.0 Å². The van der Waals surface area contributed by atoms with E-state index in [0.717, 1.165) is 23.1 Å². The minimum absolute atomic E-state index is 0.492. The Hall–Kier alpha value is -2.34. The number of halogens is 1. The van der Waals surface area contributed by atoms with Gasteiger partial charge in [-0.15, -0.1) is 0 Å². The highest BCUT2D eigenvalue weighted by atomic mass is 35.5. The van der Waals surface area contributed by atoms with Gasteiger partial charge in [-0.25, -0.2) is 4.98 Å². The lowest BCUT2D eigenvalue weighted by Gasteiger charge is -2.09. The van der Waals surface area contributed by atoms with Crippen molar-refractivity contribution in [2.75, 3.05) is 17.2 Å². The molecule has 0 spiro atoms. The lowest BCUT2D eigenvalue weighted by atomic mass is 10.2. The van der Waals surface area contributed by atoms with Crippen LogP contribution in [0.2, 0.25) is 5.02 Å². The lowest BCUT2D eigenvalue weighted by Crippen LogP contribution is -2.04. The van der Waals surface area contributed by atoms with Crippen LogP contribution in [0, 0.1) is 0 Å². The van der Waals surface area contributed by atoms with Crippen molar-refractivity contribution in [3.05, 3.63) is 35.6 Å². The molecule has 0 aliphatic rings. The second kappa shape index (κ2) is 5.57. The van der Waals surface area contributed by atoms with Gasteiger partial charge in [0.1, 0.15) is 10.8 Å². The Labute approximate surface area is 127 Å². The molecular formula is C14H15ClN6. The van der Waals surface area contributed by atoms with E-state index >= 15 is 0 Å². The zero-order valence-electron chi connectivity index (χ0n) is 11.8. The fraction of sp³-hybridized carbons (Fsp3) is 0.214. The summed E-state index contributed by atoms with van der Waals surface area (Å²) in [6.45, 7) is 2.73. The predicted octanol–water partition coefficient (Wildman–Crippen LogP) is 3.19. The second-order valence-electron chi connectivity index (χ2n) is 4.55. The van der Waals surface area contributed by atoms with E-state index in [0.29, 0.717) is 16.8 Å². The quantitative estimate of drug-likeness (QED) is 0.774. The highest BCUT2D eigenvalue weighted by Crippen LogP contribution is 2.26. The van der Waals surface area contributed by atoms with Crippen LogP contribution in [-0.2, 0) is 7.05 Å². The molecule has 2 aromatic heterocycles. The molecule has 0 fully saturated rings. The summed E-state index contributed by atoms with van der Waals surface area (Å²) < 4.78 is 1.83. The van der Waals surface area contributed by atoms with Crippen molar-refractivity contribution in [2.24, 2.45) is 7.05 Å². The van der Waals surface area contributed by atoms with E-state index in [4.69, 9.17) is 11.6 Å². The Morgan fingerprint density at radius 1 is 1.29 bits per heavy atom. The smallest absolute Gasteiger partial charge is 0.229 e. The fourth-order valence-corrected chi connectivity index (χ4v) is 2.28. The molecule has 0 atom stereocenters. The number of benzene rings is 1. The SMILES string of the molecule is CCNc1nc(Nc2cccc3c2cnn3C)ncc1Cl. The molecule has 3 rings (SSSR count). The van der Waals surface area contributed by atoms with Gasteiger partial charge in [-0.1, -0.05) is 17.7 Å². The van der Waals surface area contributed by atoms with Gasteiger partial charge < -0.3 is 10.6 Å². The van der Waals surface area contributed by atoms with E-state index in [1.807, 2.05) is 43.0 Å². The zero-order valence-corrected chi connectivity index (χ0v) is 12.5. The Bertz CT molecular complexity index is 782. The second-order valence-corrected chi connectivity index (χ2v) is 4.96. The minimum Gasteiger partial charge on any atom is -0.369 e. The standard InChI is InChI=1S/C14H15ClN6/c1-3-16-13-10(15)8-17-14(20-13)19-11-5-4-6-12-9(11)7-18-21(12)2/h4-8H,3H2,1-2H3,(H2,16,17,19,20). The molecule has 0 unspecified atom stereocenters. The first-order valence-electron chi connectivity index (χ1n) is 6.63. The van der Waals surface area contributed by atoms with Crippen LogP contribution in [0.15, 0.2) is 30.6 Å². The fourth-order valence-electron chi connectivity index (χ4n) is 2.13. The van der Waals surface area contributed by atoms with Crippen molar-refractivity contribution in [1.29, 1.82) is 0 Å². The molecule has 1 aromatic carbocycles. The van der Waals surface area contributed by atoms with Gasteiger partial charge in [0.25, 0.3) is 0 Å². The number of rotatable bonds is 4. The Balaban J connectivity index is 1.97. The molecule has 2 heterocycles. The first kappa shape index (κ1) is 13.6. The molecular weight excluding hydrogens is 288 g/mol. The number of aromatic nitrogens is 4. The third-order valence-electron chi connectivity index (χ3n) is 3.13. The Morgan fingerprint density at radius 2 is 2.14 bits per heavy atom. The van der Waals surface area contributed by atoms with Crippen LogP contribution in [-0.4, -0.2) is 26.3 Å². The number of anilines is 3. The van der Waals surface area contributed by atoms with Crippen LogP contribution in [0.3, 0.4) is 0 Å². The topological polar surface area (TPSA) is 67.7 Å². The largest absolute Gasteiger partial charge is 0.369 e. The summed E-state index contributed by atoms with van der Waals surface area (Å²) in [4.78, 5) is 8.59. The summed E-state index contributed by atoms with van der Waals surface area (Å²) in [5.74, 6) is 1.11. The predicted molar refractivity (Wildman–Crippen MR) is 85.2 cm³/mol. The number of hydrogen-bond acceptors (Lipinski definition) is 5. The zero-order chi connectivity index (χ0) is 14.8. The summed E-state index contributed by atoms with van der Waals surface area (Å²) in [6.07, 6.45) is 3.40. The Kier molecular flexibility index (Phi) is 3.62. The van der Waals surface area contributed by atoms with Crippen LogP contribution in [0.4, 0.5) is 17.5 Å². The molecule has 0 saturated heterocycles. The average molecular weight is 303 g/mol. The molecule has 0 bridgehead atoms. The maximum atomic E-state index is 6.05. The molecule has 0 aliphatic heterocycles. The maximum absolute atomic E-state index is 6.05. The van der Waals surface area contributed by atoms with Crippen molar-refractivity contribution >= 4 is 40.0 Å². The monoisotopic (exact) mass is 302 g/mol. The van der Waals surface area contributed by atoms with Crippen molar-refractivity contribution in [3.63, 3.8) is 0 Å². The molecule has 6 nitrogen and oxygen atoms in total. The number of nitrogens with one attached hydrogen (secondary N) is 2. The molecule has 2 N–H and O–H groups in total. The third-order valence-corrected chi connectivity index (χ3v) is 3.40. The Morgan fingerprint density at radius 3 is 2.95 bits per heavy atom. The van der Waals surface area contributed by atoms with Crippen molar-refractivity contribution < 1.29 is 0 Å². The van der Waals surface area contributed by atoms with Gasteiger partial charge in [-0.3, -0.25) is 4.68 Å². The van der Waals surface area contributed by atoms with E-state index in [9.17, 15) is 0 Å². The van der Waals surface area contributed by atoms with Gasteiger partial charge in [-0.2, -0.15) is 10.1 Å². The summed E-state index contributed by atoms with van der Waals surface area (Å²) in [7, 11) is 1.91. The molecule has 0 amide bonds. The van der Waals surface area contributed by atoms with Crippen LogP contribution in [0.1, 0.15) is 6.92 Å². The average Bonchev–Trinajstić information content (AvgIpc) is 2.86.